The van der Waals surface area contributed by atoms with Crippen LogP contribution in [0.2, 0.25) is 0 Å². The van der Waals surface area contributed by atoms with E-state index >= 15 is 0 Å². The Bertz CT molecular complexity index is 324. The van der Waals surface area contributed by atoms with E-state index in [1.54, 1.807) is 0 Å². The summed E-state index contributed by atoms with van der Waals surface area (Å²) in [4.78, 5) is 0. The van der Waals surface area contributed by atoms with Gasteiger partial charge in [-0.1, -0.05) is 45.4 Å². The Morgan fingerprint density at radius 2 is 1.94 bits per heavy atom. The number of nitrogens with two attached hydrogens (primary N) is 1. The van der Waals surface area contributed by atoms with Gasteiger partial charge in [0.25, 0.3) is 0 Å². The molecule has 0 aliphatic rings. The molecule has 2 nitrogen and oxygen atoms in total. The Kier molecular flexibility index (Phi) is 6.06. The molecule has 1 rings (SSSR count). The van der Waals surface area contributed by atoms with Crippen molar-refractivity contribution in [2.45, 2.75) is 46.1 Å². The van der Waals surface area contributed by atoms with Gasteiger partial charge in [0.05, 0.1) is 6.61 Å². The summed E-state index contributed by atoms with van der Waals surface area (Å²) in [5.41, 5.74) is 7.20. The van der Waals surface area contributed by atoms with E-state index in [2.05, 4.69) is 26.8 Å². The van der Waals surface area contributed by atoms with Crippen molar-refractivity contribution >= 4 is 0 Å². The van der Waals surface area contributed by atoms with Crippen LogP contribution in [0.25, 0.3) is 0 Å². The molecule has 0 aliphatic carbocycles. The molecule has 0 spiro atoms. The predicted octanol–water partition coefficient (Wildman–Crippen LogP) is 3.91. The zero-order chi connectivity index (χ0) is 12.7. The van der Waals surface area contributed by atoms with E-state index in [1.807, 2.05) is 18.2 Å². The number of rotatable bonds is 7. The lowest BCUT2D eigenvalue weighted by molar-refractivity contribution is 0.248. The lowest BCUT2D eigenvalue weighted by Crippen LogP contribution is -2.13. The number of ether oxygens (including phenoxy) is 1. The monoisotopic (exact) mass is 235 g/mol. The highest BCUT2D eigenvalue weighted by Crippen LogP contribution is 2.25. The first-order chi connectivity index (χ1) is 8.19. The molecular formula is C15H25NO. The van der Waals surface area contributed by atoms with Gasteiger partial charge in [-0.2, -0.15) is 0 Å². The Labute approximate surface area is 105 Å². The molecular weight excluding hydrogens is 210 g/mol. The molecule has 2 unspecified atom stereocenters. The second kappa shape index (κ2) is 7.33. The second-order valence-electron chi connectivity index (χ2n) is 4.76. The molecule has 0 aromatic heterocycles. The Balaban J connectivity index is 2.63. The van der Waals surface area contributed by atoms with Crippen molar-refractivity contribution in [3.05, 3.63) is 29.8 Å². The topological polar surface area (TPSA) is 35.2 Å². The highest BCUT2D eigenvalue weighted by atomic mass is 16.5. The van der Waals surface area contributed by atoms with Crippen LogP contribution in [0.1, 0.15) is 51.6 Å². The van der Waals surface area contributed by atoms with Gasteiger partial charge in [0, 0.05) is 11.6 Å². The van der Waals surface area contributed by atoms with Crippen LogP contribution < -0.4 is 10.5 Å². The molecule has 0 aliphatic heterocycles. The fraction of sp³-hybridized carbons (Fsp3) is 0.600. The van der Waals surface area contributed by atoms with Gasteiger partial charge in [-0.3, -0.25) is 0 Å². The standard InChI is InChI=1S/C15H25NO/c1-4-8-12(3)11-17-15-10-7-6-9-13(15)14(16)5-2/h6-7,9-10,12,14H,4-5,8,11,16H2,1-3H3. The SMILES string of the molecule is CCCC(C)COc1ccccc1C(N)CC. The second-order valence-corrected chi connectivity index (χ2v) is 4.76. The van der Waals surface area contributed by atoms with Crippen molar-refractivity contribution in [1.29, 1.82) is 0 Å². The molecule has 0 radical (unpaired) electrons. The van der Waals surface area contributed by atoms with Crippen molar-refractivity contribution in [2.24, 2.45) is 11.7 Å². The maximum atomic E-state index is 6.08. The van der Waals surface area contributed by atoms with Crippen molar-refractivity contribution in [1.82, 2.24) is 0 Å². The van der Waals surface area contributed by atoms with Crippen LogP contribution >= 0.6 is 0 Å². The van der Waals surface area contributed by atoms with Crippen LogP contribution in [0.3, 0.4) is 0 Å². The van der Waals surface area contributed by atoms with Gasteiger partial charge in [-0.05, 0) is 24.8 Å². The van der Waals surface area contributed by atoms with E-state index in [-0.39, 0.29) is 6.04 Å². The first kappa shape index (κ1) is 14.0. The van der Waals surface area contributed by atoms with Crippen LogP contribution in [0.15, 0.2) is 24.3 Å². The first-order valence-electron chi connectivity index (χ1n) is 6.66. The van der Waals surface area contributed by atoms with Gasteiger partial charge in [0.1, 0.15) is 5.75 Å². The van der Waals surface area contributed by atoms with Gasteiger partial charge in [-0.25, -0.2) is 0 Å². The smallest absolute Gasteiger partial charge is 0.124 e. The molecule has 2 N–H and O–H groups in total. The zero-order valence-corrected chi connectivity index (χ0v) is 11.3. The Hall–Kier alpha value is -1.02. The van der Waals surface area contributed by atoms with E-state index in [0.29, 0.717) is 5.92 Å². The minimum absolute atomic E-state index is 0.0766. The maximum Gasteiger partial charge on any atom is 0.124 e. The summed E-state index contributed by atoms with van der Waals surface area (Å²) < 4.78 is 5.89. The highest BCUT2D eigenvalue weighted by Gasteiger charge is 2.10. The van der Waals surface area contributed by atoms with Crippen LogP contribution in [0.5, 0.6) is 5.75 Å². The summed E-state index contributed by atoms with van der Waals surface area (Å²) in [7, 11) is 0. The molecule has 0 fully saturated rings. The fourth-order valence-electron chi connectivity index (χ4n) is 1.95. The third-order valence-electron chi connectivity index (χ3n) is 3.06. The van der Waals surface area contributed by atoms with Gasteiger partial charge in [0.2, 0.25) is 0 Å². The molecule has 0 bridgehead atoms. The summed E-state index contributed by atoms with van der Waals surface area (Å²) in [5, 5.41) is 0. The van der Waals surface area contributed by atoms with Crippen molar-refractivity contribution in [3.63, 3.8) is 0 Å². The molecule has 1 aromatic rings. The molecule has 17 heavy (non-hydrogen) atoms. The molecule has 2 atom stereocenters. The molecule has 2 heteroatoms. The highest BCUT2D eigenvalue weighted by molar-refractivity contribution is 5.35. The van der Waals surface area contributed by atoms with Crippen LogP contribution in [0.4, 0.5) is 0 Å². The van der Waals surface area contributed by atoms with Gasteiger partial charge in [0.15, 0.2) is 0 Å². The summed E-state index contributed by atoms with van der Waals surface area (Å²) in [6.45, 7) is 7.31. The van der Waals surface area contributed by atoms with Crippen LogP contribution in [-0.4, -0.2) is 6.61 Å². The van der Waals surface area contributed by atoms with E-state index < -0.39 is 0 Å². The third-order valence-corrected chi connectivity index (χ3v) is 3.06. The minimum Gasteiger partial charge on any atom is -0.493 e. The van der Waals surface area contributed by atoms with Crippen molar-refractivity contribution < 1.29 is 4.74 Å². The number of hydrogen-bond acceptors (Lipinski definition) is 2. The quantitative estimate of drug-likeness (QED) is 0.777. The van der Waals surface area contributed by atoms with Crippen molar-refractivity contribution in [2.75, 3.05) is 6.61 Å². The van der Waals surface area contributed by atoms with E-state index in [9.17, 15) is 0 Å². The lowest BCUT2D eigenvalue weighted by Gasteiger charge is -2.17. The number of benzene rings is 1. The largest absolute Gasteiger partial charge is 0.493 e. The van der Waals surface area contributed by atoms with Gasteiger partial charge >= 0.3 is 0 Å². The fourth-order valence-corrected chi connectivity index (χ4v) is 1.95. The maximum absolute atomic E-state index is 6.08. The first-order valence-corrected chi connectivity index (χ1v) is 6.66. The molecule has 0 amide bonds. The van der Waals surface area contributed by atoms with Crippen LogP contribution in [0, 0.1) is 5.92 Å². The van der Waals surface area contributed by atoms with Gasteiger partial charge in [-0.15, -0.1) is 0 Å². The molecule has 1 aromatic carbocycles. The van der Waals surface area contributed by atoms with E-state index in [4.69, 9.17) is 10.5 Å². The summed E-state index contributed by atoms with van der Waals surface area (Å²) in [5.74, 6) is 1.55. The Morgan fingerprint density at radius 1 is 1.24 bits per heavy atom. The normalized spacial score (nSPS) is 14.4. The molecule has 96 valence electrons. The minimum atomic E-state index is 0.0766. The number of para-hydroxylation sites is 1. The summed E-state index contributed by atoms with van der Waals surface area (Å²) in [6.07, 6.45) is 3.35. The zero-order valence-electron chi connectivity index (χ0n) is 11.3. The van der Waals surface area contributed by atoms with E-state index in [1.165, 1.54) is 12.8 Å². The Morgan fingerprint density at radius 3 is 2.59 bits per heavy atom. The van der Waals surface area contributed by atoms with Crippen LogP contribution in [-0.2, 0) is 0 Å². The third kappa shape index (κ3) is 4.39. The molecule has 0 heterocycles. The predicted molar refractivity (Wildman–Crippen MR) is 73.2 cm³/mol. The molecule has 0 saturated carbocycles. The summed E-state index contributed by atoms with van der Waals surface area (Å²) in [6, 6.07) is 8.18. The van der Waals surface area contributed by atoms with Crippen molar-refractivity contribution in [3.8, 4) is 5.75 Å². The summed E-state index contributed by atoms with van der Waals surface area (Å²) >= 11 is 0. The number of hydrogen-bond donors (Lipinski definition) is 1. The van der Waals surface area contributed by atoms with Gasteiger partial charge < -0.3 is 10.5 Å². The van der Waals surface area contributed by atoms with E-state index in [0.717, 1.165) is 24.3 Å². The lowest BCUT2D eigenvalue weighted by atomic mass is 10.0. The average molecular weight is 235 g/mol. The molecule has 0 saturated heterocycles. The average Bonchev–Trinajstić information content (AvgIpc) is 2.36.